The summed E-state index contributed by atoms with van der Waals surface area (Å²) in [5, 5.41) is 0. The van der Waals surface area contributed by atoms with E-state index in [2.05, 4.69) is 10.9 Å². The highest BCUT2D eigenvalue weighted by Gasteiger charge is 2.16. The lowest BCUT2D eigenvalue weighted by atomic mass is 10.1. The van der Waals surface area contributed by atoms with E-state index in [1.807, 2.05) is 6.07 Å². The predicted molar refractivity (Wildman–Crippen MR) is 112 cm³/mol. The van der Waals surface area contributed by atoms with E-state index in [9.17, 15) is 14.4 Å². The van der Waals surface area contributed by atoms with Crippen molar-refractivity contribution in [3.05, 3.63) is 51.2 Å². The van der Waals surface area contributed by atoms with Crippen LogP contribution in [0, 0.1) is 0 Å². The van der Waals surface area contributed by atoms with Gasteiger partial charge in [-0.2, -0.15) is 0 Å². The van der Waals surface area contributed by atoms with Crippen LogP contribution in [0.5, 0.6) is 5.75 Å². The lowest BCUT2D eigenvalue weighted by Gasteiger charge is -2.08. The molecule has 0 bridgehead atoms. The Labute approximate surface area is 174 Å². The molecule has 29 heavy (non-hydrogen) atoms. The number of ether oxygens (including phenoxy) is 1. The van der Waals surface area contributed by atoms with E-state index in [0.29, 0.717) is 29.2 Å². The Hall–Kier alpha value is -2.67. The average molecular weight is 415 g/mol. The number of Topliss-reactive ketones (excluding diaryl/α,β-unsaturated/α-hetero) is 1. The largest absolute Gasteiger partial charge is 0.494 e. The first kappa shape index (κ1) is 21.0. The first-order valence-electron chi connectivity index (χ1n) is 9.97. The second-order valence-electron chi connectivity index (χ2n) is 7.15. The molecule has 2 aromatic rings. The fraction of sp³-hybridized carbons (Fsp3) is 0.409. The molecule has 2 amide bonds. The number of aryl methyl sites for hydroxylation is 2. The normalized spacial score (nSPS) is 13.1. The van der Waals surface area contributed by atoms with Gasteiger partial charge in [0.2, 0.25) is 5.91 Å². The van der Waals surface area contributed by atoms with Gasteiger partial charge in [0.1, 0.15) is 5.75 Å². The zero-order chi connectivity index (χ0) is 20.6. The predicted octanol–water partition coefficient (Wildman–Crippen LogP) is 3.84. The zero-order valence-corrected chi connectivity index (χ0v) is 17.4. The van der Waals surface area contributed by atoms with Crippen molar-refractivity contribution in [2.24, 2.45) is 0 Å². The minimum Gasteiger partial charge on any atom is -0.494 e. The van der Waals surface area contributed by atoms with Crippen LogP contribution in [0.3, 0.4) is 0 Å². The first-order chi connectivity index (χ1) is 14.0. The molecule has 154 valence electrons. The molecule has 1 aliphatic carbocycles. The molecule has 1 heterocycles. The molecule has 0 saturated carbocycles. The number of benzene rings is 1. The number of carbonyl (C=O) groups excluding carboxylic acids is 3. The van der Waals surface area contributed by atoms with Crippen molar-refractivity contribution in [3.63, 3.8) is 0 Å². The van der Waals surface area contributed by atoms with E-state index in [-0.39, 0.29) is 24.0 Å². The molecule has 0 spiro atoms. The molecular weight excluding hydrogens is 388 g/mol. The number of amides is 2. The van der Waals surface area contributed by atoms with E-state index >= 15 is 0 Å². The van der Waals surface area contributed by atoms with Crippen molar-refractivity contribution in [1.29, 1.82) is 0 Å². The lowest BCUT2D eigenvalue weighted by Crippen LogP contribution is -2.41. The molecule has 0 unspecified atom stereocenters. The van der Waals surface area contributed by atoms with Crippen LogP contribution in [-0.2, 0) is 17.6 Å². The Balaban J connectivity index is 1.35. The number of rotatable bonds is 7. The van der Waals surface area contributed by atoms with Crippen molar-refractivity contribution >= 4 is 28.9 Å². The molecular formula is C22H26N2O4S. The summed E-state index contributed by atoms with van der Waals surface area (Å²) >= 11 is 1.53. The van der Waals surface area contributed by atoms with E-state index in [1.54, 1.807) is 24.3 Å². The number of hydrogen-bond donors (Lipinski definition) is 2. The molecule has 0 atom stereocenters. The van der Waals surface area contributed by atoms with Crippen LogP contribution in [0.4, 0.5) is 0 Å². The lowest BCUT2D eigenvalue weighted by molar-refractivity contribution is -0.122. The van der Waals surface area contributed by atoms with Gasteiger partial charge < -0.3 is 4.74 Å². The van der Waals surface area contributed by atoms with Crippen molar-refractivity contribution in [3.8, 4) is 5.75 Å². The molecule has 2 N–H and O–H groups in total. The fourth-order valence-electron chi connectivity index (χ4n) is 3.24. The maximum atomic E-state index is 12.3. The fourth-order valence-corrected chi connectivity index (χ4v) is 4.39. The third kappa shape index (κ3) is 6.15. The Morgan fingerprint density at radius 1 is 1.03 bits per heavy atom. The summed E-state index contributed by atoms with van der Waals surface area (Å²) in [5.41, 5.74) is 6.87. The molecule has 6 nitrogen and oxygen atoms in total. The summed E-state index contributed by atoms with van der Waals surface area (Å²) in [6.07, 6.45) is 6.42. The van der Waals surface area contributed by atoms with Crippen LogP contribution in [0.1, 0.15) is 69.5 Å². The summed E-state index contributed by atoms with van der Waals surface area (Å²) in [4.78, 5) is 37.4. The minimum absolute atomic E-state index is 0.00786. The summed E-state index contributed by atoms with van der Waals surface area (Å²) in [6, 6.07) is 8.85. The Morgan fingerprint density at radius 2 is 1.79 bits per heavy atom. The standard InChI is InChI=1S/C22H26N2O4S/c1-15(25)16-9-11-18(12-10-16)28-13-5-8-21(26)23-24-22(27)20-14-17-6-3-2-4-7-19(17)29-20/h9-12,14H,2-8,13H2,1H3,(H,23,26)(H,24,27). The second-order valence-corrected chi connectivity index (χ2v) is 8.29. The SMILES string of the molecule is CC(=O)c1ccc(OCCCC(=O)NNC(=O)c2cc3c(s2)CCCCC3)cc1. The maximum Gasteiger partial charge on any atom is 0.279 e. The maximum absolute atomic E-state index is 12.3. The minimum atomic E-state index is -0.266. The number of hydrazine groups is 1. The molecule has 7 heteroatoms. The van der Waals surface area contributed by atoms with Crippen LogP contribution >= 0.6 is 11.3 Å². The monoisotopic (exact) mass is 414 g/mol. The first-order valence-corrected chi connectivity index (χ1v) is 10.8. The van der Waals surface area contributed by atoms with E-state index in [4.69, 9.17) is 4.74 Å². The molecule has 1 aliphatic rings. The highest BCUT2D eigenvalue weighted by Crippen LogP contribution is 2.28. The van der Waals surface area contributed by atoms with Crippen LogP contribution in [0.25, 0.3) is 0 Å². The molecule has 1 aromatic heterocycles. The van der Waals surface area contributed by atoms with Crippen LogP contribution in [-0.4, -0.2) is 24.2 Å². The Morgan fingerprint density at radius 3 is 2.55 bits per heavy atom. The summed E-state index contributed by atoms with van der Waals surface area (Å²) < 4.78 is 5.57. The third-order valence-electron chi connectivity index (χ3n) is 4.86. The van der Waals surface area contributed by atoms with Gasteiger partial charge in [-0.1, -0.05) is 6.42 Å². The van der Waals surface area contributed by atoms with Crippen LogP contribution in [0.15, 0.2) is 30.3 Å². The van der Waals surface area contributed by atoms with Gasteiger partial charge in [0.25, 0.3) is 5.91 Å². The van der Waals surface area contributed by atoms with E-state index < -0.39 is 0 Å². The summed E-state index contributed by atoms with van der Waals surface area (Å²) in [7, 11) is 0. The molecule has 0 radical (unpaired) electrons. The number of thiophene rings is 1. The number of ketones is 1. The van der Waals surface area contributed by atoms with Gasteiger partial charge in [0.15, 0.2) is 5.78 Å². The molecule has 3 rings (SSSR count). The average Bonchev–Trinajstić information content (AvgIpc) is 3.00. The number of fused-ring (bicyclic) bond motifs is 1. The Bertz CT molecular complexity index is 850. The van der Waals surface area contributed by atoms with Gasteiger partial charge in [0, 0.05) is 16.9 Å². The van der Waals surface area contributed by atoms with E-state index in [0.717, 1.165) is 12.8 Å². The van der Waals surface area contributed by atoms with Gasteiger partial charge in [-0.25, -0.2) is 0 Å². The van der Waals surface area contributed by atoms with Crippen molar-refractivity contribution < 1.29 is 19.1 Å². The van der Waals surface area contributed by atoms with Crippen molar-refractivity contribution in [1.82, 2.24) is 10.9 Å². The van der Waals surface area contributed by atoms with E-state index in [1.165, 1.54) is 48.0 Å². The van der Waals surface area contributed by atoms with Crippen molar-refractivity contribution in [2.45, 2.75) is 51.9 Å². The Kier molecular flexibility index (Phi) is 7.41. The molecule has 0 aliphatic heterocycles. The number of nitrogens with one attached hydrogen (secondary N) is 2. The zero-order valence-electron chi connectivity index (χ0n) is 16.6. The van der Waals surface area contributed by atoms with Crippen molar-refractivity contribution in [2.75, 3.05) is 6.61 Å². The quantitative estimate of drug-likeness (QED) is 0.312. The van der Waals surface area contributed by atoms with Gasteiger partial charge in [0.05, 0.1) is 11.5 Å². The number of hydrogen-bond acceptors (Lipinski definition) is 5. The summed E-state index contributed by atoms with van der Waals surface area (Å²) in [5.74, 6) is 0.139. The van der Waals surface area contributed by atoms with Gasteiger partial charge in [-0.05, 0) is 74.9 Å². The van der Waals surface area contributed by atoms with Crippen LogP contribution in [0.2, 0.25) is 0 Å². The summed E-state index contributed by atoms with van der Waals surface area (Å²) in [6.45, 7) is 1.89. The van der Waals surface area contributed by atoms with Gasteiger partial charge >= 0.3 is 0 Å². The third-order valence-corrected chi connectivity index (χ3v) is 6.10. The smallest absolute Gasteiger partial charge is 0.279 e. The molecule has 1 aromatic carbocycles. The number of carbonyl (C=O) groups is 3. The topological polar surface area (TPSA) is 84.5 Å². The second kappa shape index (κ2) is 10.2. The molecule has 0 fully saturated rings. The van der Waals surface area contributed by atoms with Gasteiger partial charge in [-0.3, -0.25) is 25.2 Å². The van der Waals surface area contributed by atoms with Gasteiger partial charge in [-0.15, -0.1) is 11.3 Å². The highest BCUT2D eigenvalue weighted by molar-refractivity contribution is 7.14. The molecule has 0 saturated heterocycles. The van der Waals surface area contributed by atoms with Crippen LogP contribution < -0.4 is 15.6 Å². The highest BCUT2D eigenvalue weighted by atomic mass is 32.1.